The predicted octanol–water partition coefficient (Wildman–Crippen LogP) is 6.09. The average molecular weight is 627 g/mol. The summed E-state index contributed by atoms with van der Waals surface area (Å²) >= 11 is 0. The third-order valence-electron chi connectivity index (χ3n) is 7.91. The molecule has 1 aromatic carbocycles. The molecule has 4 heterocycles. The molecular weight excluding hydrogens is 594 g/mol. The van der Waals surface area contributed by atoms with Gasteiger partial charge < -0.3 is 19.3 Å². The number of alkyl halides is 6. The van der Waals surface area contributed by atoms with Crippen LogP contribution in [0, 0.1) is 0 Å². The largest absolute Gasteiger partial charge is 0.446 e. The Hall–Kier alpha value is -3.88. The first-order valence-electron chi connectivity index (χ1n) is 14.2. The van der Waals surface area contributed by atoms with Crippen LogP contribution in [-0.4, -0.2) is 68.7 Å². The fraction of sp³-hybridized carbons (Fsp3) is 0.517. The molecule has 0 saturated carbocycles. The number of halogens is 6. The van der Waals surface area contributed by atoms with Gasteiger partial charge in [-0.25, -0.2) is 14.8 Å². The van der Waals surface area contributed by atoms with Gasteiger partial charge in [-0.2, -0.15) is 31.4 Å². The molecule has 0 radical (unpaired) electrons. The van der Waals surface area contributed by atoms with Gasteiger partial charge in [0.15, 0.2) is 0 Å². The van der Waals surface area contributed by atoms with Crippen LogP contribution in [0.4, 0.5) is 37.1 Å². The van der Waals surface area contributed by atoms with E-state index in [0.717, 1.165) is 5.56 Å². The molecule has 3 aromatic rings. The van der Waals surface area contributed by atoms with Crippen LogP contribution in [0.15, 0.2) is 43.0 Å². The summed E-state index contributed by atoms with van der Waals surface area (Å²) in [6.45, 7) is 2.62. The molecule has 9 nitrogen and oxygen atoms in total. The third kappa shape index (κ3) is 7.25. The molecule has 2 fully saturated rings. The molecule has 0 unspecified atom stereocenters. The summed E-state index contributed by atoms with van der Waals surface area (Å²) in [4.78, 5) is 25.2. The van der Waals surface area contributed by atoms with Crippen molar-refractivity contribution >= 4 is 12.0 Å². The molecule has 5 rings (SSSR count). The number of benzene rings is 1. The van der Waals surface area contributed by atoms with Crippen molar-refractivity contribution in [3.8, 4) is 11.1 Å². The van der Waals surface area contributed by atoms with Crippen molar-refractivity contribution < 1.29 is 40.6 Å². The van der Waals surface area contributed by atoms with E-state index in [0.29, 0.717) is 56.6 Å². The number of hydrogen-bond donors (Lipinski definition) is 0. The van der Waals surface area contributed by atoms with Crippen LogP contribution in [0.2, 0.25) is 0 Å². The highest BCUT2D eigenvalue weighted by molar-refractivity contribution is 5.69. The Kier molecular flexibility index (Phi) is 9.05. The normalized spacial score (nSPS) is 19.8. The Morgan fingerprint density at radius 3 is 2.18 bits per heavy atom. The topological polar surface area (TPSA) is 85.6 Å². The van der Waals surface area contributed by atoms with Gasteiger partial charge in [-0.3, -0.25) is 4.68 Å². The van der Waals surface area contributed by atoms with E-state index < -0.39 is 35.6 Å². The third-order valence-corrected chi connectivity index (χ3v) is 7.91. The average Bonchev–Trinajstić information content (AvgIpc) is 3.62. The van der Waals surface area contributed by atoms with E-state index in [1.807, 2.05) is 6.92 Å². The summed E-state index contributed by atoms with van der Waals surface area (Å²) < 4.78 is 94.6. The molecule has 1 amide bonds. The van der Waals surface area contributed by atoms with Crippen molar-refractivity contribution in [1.82, 2.24) is 24.6 Å². The van der Waals surface area contributed by atoms with Gasteiger partial charge in [0.05, 0.1) is 36.6 Å². The standard InChI is InChI=1S/C29H32F6N6O3/c1-3-23-11-24(17-41(23)27(42)44-25-4-6-43-7-5-25)40(26-36-12-19(13-37-26)20-14-38-39(2)16-20)15-18-8-21(28(30,31)32)10-22(9-18)29(33,34)35/h8-10,12-14,16,23-25H,3-7,11,15,17H2,1-2H3/t23-,24+/m1/s1. The highest BCUT2D eigenvalue weighted by Gasteiger charge is 2.41. The summed E-state index contributed by atoms with van der Waals surface area (Å²) in [5.74, 6) is 0.100. The van der Waals surface area contributed by atoms with Gasteiger partial charge in [0.2, 0.25) is 5.95 Å². The van der Waals surface area contributed by atoms with E-state index >= 15 is 0 Å². The smallest absolute Gasteiger partial charge is 0.416 e. The molecule has 238 valence electrons. The quantitative estimate of drug-likeness (QED) is 0.294. The summed E-state index contributed by atoms with van der Waals surface area (Å²) in [5.41, 5.74) is -1.68. The second-order valence-corrected chi connectivity index (χ2v) is 11.0. The predicted molar refractivity (Wildman–Crippen MR) is 146 cm³/mol. The number of likely N-dealkylation sites (tertiary alicyclic amines) is 1. The van der Waals surface area contributed by atoms with Crippen molar-refractivity contribution in [3.63, 3.8) is 0 Å². The van der Waals surface area contributed by atoms with E-state index in [1.54, 1.807) is 33.9 Å². The minimum absolute atomic E-state index is 0.100. The van der Waals surface area contributed by atoms with Crippen molar-refractivity contribution in [2.24, 2.45) is 7.05 Å². The molecule has 2 atom stereocenters. The van der Waals surface area contributed by atoms with E-state index in [2.05, 4.69) is 15.1 Å². The SMILES string of the molecule is CC[C@@H]1C[C@H](N(Cc2cc(C(F)(F)F)cc(C(F)(F)F)c2)c2ncc(-c3cnn(C)c3)cn2)CN1C(=O)OC1CCOCC1. The Morgan fingerprint density at radius 2 is 1.64 bits per heavy atom. The summed E-state index contributed by atoms with van der Waals surface area (Å²) in [6, 6.07) is 0.724. The fourth-order valence-corrected chi connectivity index (χ4v) is 5.59. The number of carbonyl (C=O) groups is 1. The van der Waals surface area contributed by atoms with Crippen LogP contribution in [0.3, 0.4) is 0 Å². The first-order valence-corrected chi connectivity index (χ1v) is 14.2. The zero-order chi connectivity index (χ0) is 31.6. The Balaban J connectivity index is 1.48. The molecule has 15 heteroatoms. The van der Waals surface area contributed by atoms with Crippen molar-refractivity contribution in [2.75, 3.05) is 24.7 Å². The van der Waals surface area contributed by atoms with Crippen LogP contribution >= 0.6 is 0 Å². The monoisotopic (exact) mass is 626 g/mol. The maximum absolute atomic E-state index is 13.7. The molecule has 0 N–H and O–H groups in total. The maximum atomic E-state index is 13.7. The van der Waals surface area contributed by atoms with E-state index in [4.69, 9.17) is 9.47 Å². The Labute approximate surface area is 249 Å². The van der Waals surface area contributed by atoms with Gasteiger partial charge in [-0.05, 0) is 36.6 Å². The molecule has 2 aromatic heterocycles. The molecule has 2 aliphatic rings. The molecular formula is C29H32F6N6O3. The van der Waals surface area contributed by atoms with Crippen molar-refractivity contribution in [3.05, 3.63) is 59.7 Å². The van der Waals surface area contributed by atoms with Gasteiger partial charge in [-0.1, -0.05) is 6.92 Å². The van der Waals surface area contributed by atoms with Crippen LogP contribution in [-0.2, 0) is 35.4 Å². The number of ether oxygens (including phenoxy) is 2. The van der Waals surface area contributed by atoms with E-state index in [1.165, 1.54) is 12.4 Å². The second kappa shape index (κ2) is 12.6. The number of hydrogen-bond acceptors (Lipinski definition) is 7. The summed E-state index contributed by atoms with van der Waals surface area (Å²) in [7, 11) is 1.74. The fourth-order valence-electron chi connectivity index (χ4n) is 5.59. The Bertz CT molecular complexity index is 1410. The van der Waals surface area contributed by atoms with Crippen LogP contribution in [0.1, 0.15) is 49.3 Å². The number of aryl methyl sites for hydroxylation is 1. The molecule has 0 bridgehead atoms. The lowest BCUT2D eigenvalue weighted by atomic mass is 10.0. The molecule has 0 aliphatic carbocycles. The van der Waals surface area contributed by atoms with Gasteiger partial charge in [0, 0.05) is 68.7 Å². The number of nitrogens with zero attached hydrogens (tertiary/aromatic N) is 6. The number of amides is 1. The van der Waals surface area contributed by atoms with Crippen molar-refractivity contribution in [2.45, 2.75) is 69.7 Å². The highest BCUT2D eigenvalue weighted by Crippen LogP contribution is 2.37. The van der Waals surface area contributed by atoms with Crippen LogP contribution < -0.4 is 4.90 Å². The first kappa shape index (κ1) is 31.5. The number of rotatable bonds is 7. The summed E-state index contributed by atoms with van der Waals surface area (Å²) in [5, 5.41) is 4.12. The molecule has 44 heavy (non-hydrogen) atoms. The maximum Gasteiger partial charge on any atom is 0.416 e. The number of carbonyl (C=O) groups excluding carboxylic acids is 1. The lowest BCUT2D eigenvalue weighted by Crippen LogP contribution is -2.42. The van der Waals surface area contributed by atoms with E-state index in [-0.39, 0.29) is 42.8 Å². The van der Waals surface area contributed by atoms with E-state index in [9.17, 15) is 31.1 Å². The number of aromatic nitrogens is 4. The zero-order valence-corrected chi connectivity index (χ0v) is 24.1. The number of anilines is 1. The zero-order valence-electron chi connectivity index (χ0n) is 24.1. The van der Waals surface area contributed by atoms with Crippen LogP contribution in [0.25, 0.3) is 11.1 Å². The summed E-state index contributed by atoms with van der Waals surface area (Å²) in [6.07, 6.45) is -2.30. The Morgan fingerprint density at radius 1 is 1.00 bits per heavy atom. The van der Waals surface area contributed by atoms with Gasteiger partial charge in [0.1, 0.15) is 6.10 Å². The van der Waals surface area contributed by atoms with Gasteiger partial charge in [0.25, 0.3) is 0 Å². The van der Waals surface area contributed by atoms with Crippen molar-refractivity contribution in [1.29, 1.82) is 0 Å². The lowest BCUT2D eigenvalue weighted by molar-refractivity contribution is -0.143. The minimum Gasteiger partial charge on any atom is -0.446 e. The van der Waals surface area contributed by atoms with Gasteiger partial charge in [-0.15, -0.1) is 0 Å². The molecule has 2 saturated heterocycles. The second-order valence-electron chi connectivity index (χ2n) is 11.0. The lowest BCUT2D eigenvalue weighted by Gasteiger charge is -2.30. The molecule has 0 spiro atoms. The minimum atomic E-state index is -4.99. The van der Waals surface area contributed by atoms with Crippen LogP contribution in [0.5, 0.6) is 0 Å². The van der Waals surface area contributed by atoms with Gasteiger partial charge >= 0.3 is 18.4 Å². The highest BCUT2D eigenvalue weighted by atomic mass is 19.4. The molecule has 2 aliphatic heterocycles. The first-order chi connectivity index (χ1) is 20.8.